The molecule has 0 aromatic heterocycles. The van der Waals surface area contributed by atoms with Gasteiger partial charge in [-0.15, -0.1) is 0 Å². The van der Waals surface area contributed by atoms with Crippen LogP contribution < -0.4 is 0 Å². The van der Waals surface area contributed by atoms with Crippen LogP contribution in [0.5, 0.6) is 0 Å². The molecular weight excluding hydrogens is 700 g/mol. The zero-order valence-corrected chi connectivity index (χ0v) is 32.8. The third-order valence-corrected chi connectivity index (χ3v) is 8.46. The summed E-state index contributed by atoms with van der Waals surface area (Å²) in [6, 6.07) is 6.49. The van der Waals surface area contributed by atoms with Crippen molar-refractivity contribution in [3.63, 3.8) is 0 Å². The lowest BCUT2D eigenvalue weighted by atomic mass is 10.1. The predicted octanol–water partition coefficient (Wildman–Crippen LogP) is 4.24. The molecule has 0 saturated heterocycles. The number of ether oxygens (including phenoxy) is 11. The van der Waals surface area contributed by atoms with Gasteiger partial charge < -0.3 is 52.1 Å². The Kier molecular flexibility index (Phi) is 35.6. The minimum absolute atomic E-state index is 0.0586. The number of aryl methyl sites for hydroxylation is 1. The van der Waals surface area contributed by atoms with E-state index in [0.717, 1.165) is 18.6 Å². The molecule has 1 rings (SSSR count). The fourth-order valence-corrected chi connectivity index (χ4v) is 5.15. The summed E-state index contributed by atoms with van der Waals surface area (Å²) < 4.78 is 89.4. The molecule has 1 aromatic carbocycles. The smallest absolute Gasteiger partial charge is 0.297 e. The number of hydrogen-bond acceptors (Lipinski definition) is 14. The fourth-order valence-electron chi connectivity index (χ4n) is 4.26. The summed E-state index contributed by atoms with van der Waals surface area (Å²) in [5.41, 5.74) is 0.976. The van der Waals surface area contributed by atoms with Crippen molar-refractivity contribution >= 4 is 10.1 Å². The summed E-state index contributed by atoms with van der Waals surface area (Å²) in [7, 11) is -3.77. The molecule has 0 heterocycles. The Labute approximate surface area is 313 Å². The summed E-state index contributed by atoms with van der Waals surface area (Å²) in [6.45, 7) is 14.9. The minimum atomic E-state index is -3.77. The van der Waals surface area contributed by atoms with Crippen LogP contribution in [0, 0.1) is 6.92 Å². The van der Waals surface area contributed by atoms with Gasteiger partial charge >= 0.3 is 0 Å². The third-order valence-electron chi connectivity index (χ3n) is 7.14. The fraction of sp³-hybridized carbons (Fsp3) is 0.838. The van der Waals surface area contributed by atoms with Crippen LogP contribution in [-0.4, -0.2) is 160 Å². The quantitative estimate of drug-likeness (QED) is 0.0691. The molecule has 0 aliphatic carbocycles. The third kappa shape index (κ3) is 33.3. The van der Waals surface area contributed by atoms with Crippen LogP contribution in [0.2, 0.25) is 0 Å². The zero-order chi connectivity index (χ0) is 37.5. The minimum Gasteiger partial charge on any atom is -0.379 e. The van der Waals surface area contributed by atoms with Crippen molar-refractivity contribution in [1.29, 1.82) is 0 Å². The SMILES string of the molecule is CCCCCCCCOCCOCCOCCOCCOCCOCCOCCOCCOCCOCCOCCOS(=O)(=O)c1ccc(C)cc1. The highest BCUT2D eigenvalue weighted by atomic mass is 32.2. The molecule has 0 amide bonds. The number of unbranched alkanes of at least 4 members (excludes halogenated alkanes) is 5. The lowest BCUT2D eigenvalue weighted by molar-refractivity contribution is -0.0277. The lowest BCUT2D eigenvalue weighted by Gasteiger charge is -2.09. The van der Waals surface area contributed by atoms with E-state index in [2.05, 4.69) is 6.92 Å². The molecule has 0 unspecified atom stereocenters. The van der Waals surface area contributed by atoms with Gasteiger partial charge in [0.05, 0.1) is 150 Å². The highest BCUT2D eigenvalue weighted by Gasteiger charge is 2.14. The van der Waals surface area contributed by atoms with Crippen LogP contribution in [0.25, 0.3) is 0 Å². The van der Waals surface area contributed by atoms with Crippen LogP contribution in [-0.2, 0) is 66.4 Å². The van der Waals surface area contributed by atoms with E-state index in [1.807, 2.05) is 6.92 Å². The molecule has 52 heavy (non-hydrogen) atoms. The van der Waals surface area contributed by atoms with Crippen molar-refractivity contribution in [3.8, 4) is 0 Å². The van der Waals surface area contributed by atoms with E-state index < -0.39 is 10.1 Å². The van der Waals surface area contributed by atoms with Gasteiger partial charge in [0.25, 0.3) is 10.1 Å². The Morgan fingerprint density at radius 1 is 0.365 bits per heavy atom. The number of benzene rings is 1. The molecule has 15 heteroatoms. The maximum atomic E-state index is 12.1. The van der Waals surface area contributed by atoms with E-state index in [1.54, 1.807) is 12.1 Å². The molecular formula is C37H68O14S. The van der Waals surface area contributed by atoms with Crippen molar-refractivity contribution in [1.82, 2.24) is 0 Å². The van der Waals surface area contributed by atoms with E-state index in [-0.39, 0.29) is 18.1 Å². The van der Waals surface area contributed by atoms with Gasteiger partial charge in [0.2, 0.25) is 0 Å². The average molecular weight is 769 g/mol. The van der Waals surface area contributed by atoms with Gasteiger partial charge in [0.1, 0.15) is 0 Å². The molecule has 0 atom stereocenters. The van der Waals surface area contributed by atoms with Gasteiger partial charge in [-0.25, -0.2) is 0 Å². The standard InChI is InChI=1S/C37H68O14S/c1-3-4-5-6-7-8-13-40-14-15-41-16-17-42-18-19-43-20-21-44-22-23-45-24-25-46-26-27-47-28-29-48-30-31-49-32-33-50-34-35-51-52(38,39)37-11-9-36(2)10-12-37/h9-12H,3-8,13-35H2,1-2H3. The van der Waals surface area contributed by atoms with Gasteiger partial charge in [-0.3, -0.25) is 4.18 Å². The summed E-state index contributed by atoms with van der Waals surface area (Å²) in [5, 5.41) is 0. The van der Waals surface area contributed by atoms with Crippen molar-refractivity contribution in [2.45, 2.75) is 57.3 Å². The van der Waals surface area contributed by atoms with Crippen LogP contribution in [0.4, 0.5) is 0 Å². The van der Waals surface area contributed by atoms with Crippen molar-refractivity contribution in [2.75, 3.05) is 152 Å². The van der Waals surface area contributed by atoms with E-state index >= 15 is 0 Å². The zero-order valence-electron chi connectivity index (χ0n) is 31.9. The molecule has 0 bridgehead atoms. The molecule has 0 aliphatic heterocycles. The molecule has 0 aliphatic rings. The Morgan fingerprint density at radius 3 is 0.962 bits per heavy atom. The Morgan fingerprint density at radius 2 is 0.635 bits per heavy atom. The second kappa shape index (κ2) is 38.0. The molecule has 14 nitrogen and oxygen atoms in total. The van der Waals surface area contributed by atoms with Crippen LogP contribution >= 0.6 is 0 Å². The molecule has 0 saturated carbocycles. The second-order valence-corrected chi connectivity index (χ2v) is 13.2. The normalized spacial score (nSPS) is 11.9. The Balaban J connectivity index is 1.65. The largest absolute Gasteiger partial charge is 0.379 e. The van der Waals surface area contributed by atoms with E-state index in [4.69, 9.17) is 56.3 Å². The van der Waals surface area contributed by atoms with Gasteiger partial charge in [-0.1, -0.05) is 56.7 Å². The Bertz CT molecular complexity index is 968. The van der Waals surface area contributed by atoms with Gasteiger partial charge in [-0.2, -0.15) is 8.42 Å². The predicted molar refractivity (Wildman–Crippen MR) is 197 cm³/mol. The molecule has 0 N–H and O–H groups in total. The van der Waals surface area contributed by atoms with Gasteiger partial charge in [-0.05, 0) is 25.5 Å². The summed E-state index contributed by atoms with van der Waals surface area (Å²) in [5.74, 6) is 0. The number of hydrogen-bond donors (Lipinski definition) is 0. The summed E-state index contributed by atoms with van der Waals surface area (Å²) >= 11 is 0. The van der Waals surface area contributed by atoms with E-state index in [1.165, 1.54) is 44.2 Å². The highest BCUT2D eigenvalue weighted by molar-refractivity contribution is 7.86. The molecule has 1 aromatic rings. The first-order chi connectivity index (χ1) is 25.6. The van der Waals surface area contributed by atoms with Gasteiger partial charge in [0.15, 0.2) is 0 Å². The van der Waals surface area contributed by atoms with Gasteiger partial charge in [0, 0.05) is 6.61 Å². The highest BCUT2D eigenvalue weighted by Crippen LogP contribution is 2.13. The van der Waals surface area contributed by atoms with E-state index in [0.29, 0.717) is 132 Å². The van der Waals surface area contributed by atoms with E-state index in [9.17, 15) is 8.42 Å². The van der Waals surface area contributed by atoms with Crippen molar-refractivity contribution in [3.05, 3.63) is 29.8 Å². The van der Waals surface area contributed by atoms with Crippen LogP contribution in [0.15, 0.2) is 29.2 Å². The van der Waals surface area contributed by atoms with Crippen molar-refractivity contribution < 1.29 is 64.7 Å². The van der Waals surface area contributed by atoms with Crippen LogP contribution in [0.1, 0.15) is 51.0 Å². The monoisotopic (exact) mass is 768 g/mol. The first kappa shape index (κ1) is 48.7. The first-order valence-corrected chi connectivity index (χ1v) is 20.3. The maximum absolute atomic E-state index is 12.1. The molecule has 0 fully saturated rings. The van der Waals surface area contributed by atoms with Crippen molar-refractivity contribution in [2.24, 2.45) is 0 Å². The lowest BCUT2D eigenvalue weighted by Crippen LogP contribution is -2.16. The molecule has 306 valence electrons. The average Bonchev–Trinajstić information content (AvgIpc) is 3.14. The second-order valence-electron chi connectivity index (χ2n) is 11.6. The molecule has 0 spiro atoms. The maximum Gasteiger partial charge on any atom is 0.297 e. The number of rotatable bonds is 42. The first-order valence-electron chi connectivity index (χ1n) is 18.9. The summed E-state index contributed by atoms with van der Waals surface area (Å²) in [4.78, 5) is 0.129. The molecule has 0 radical (unpaired) electrons. The Hall–Kier alpha value is -1.31. The summed E-state index contributed by atoms with van der Waals surface area (Å²) in [6.07, 6.45) is 7.64. The van der Waals surface area contributed by atoms with Crippen LogP contribution in [0.3, 0.4) is 0 Å². The topological polar surface area (TPSA) is 145 Å².